The quantitative estimate of drug-likeness (QED) is 0.167. The highest BCUT2D eigenvalue weighted by Gasteiger charge is 2.22. The second-order valence-electron chi connectivity index (χ2n) is 17.4. The van der Waals surface area contributed by atoms with Crippen molar-refractivity contribution in [1.82, 2.24) is 15.0 Å². The molecule has 0 atom stereocenters. The average molecular weight is 868 g/mol. The Morgan fingerprint density at radius 3 is 1.31 bits per heavy atom. The van der Waals surface area contributed by atoms with E-state index in [1.807, 2.05) is 24.3 Å². The van der Waals surface area contributed by atoms with Gasteiger partial charge in [0.1, 0.15) is 22.3 Å². The van der Waals surface area contributed by atoms with Crippen molar-refractivity contribution < 1.29 is 8.83 Å². The van der Waals surface area contributed by atoms with E-state index in [0.29, 0.717) is 17.5 Å². The first-order valence-electron chi connectivity index (χ1n) is 22.9. The monoisotopic (exact) mass is 867 g/mol. The van der Waals surface area contributed by atoms with Gasteiger partial charge in [0.05, 0.1) is 0 Å². The van der Waals surface area contributed by atoms with Crippen molar-refractivity contribution in [2.75, 3.05) is 0 Å². The van der Waals surface area contributed by atoms with Crippen LogP contribution in [-0.2, 0) is 0 Å². The Kier molecular flexibility index (Phi) is 8.52. The fourth-order valence-corrected chi connectivity index (χ4v) is 10.4. The lowest BCUT2D eigenvalue weighted by Gasteiger charge is -2.17. The van der Waals surface area contributed by atoms with Crippen LogP contribution < -0.4 is 0 Å². The van der Waals surface area contributed by atoms with Gasteiger partial charge in [0.2, 0.25) is 0 Å². The van der Waals surface area contributed by atoms with E-state index >= 15 is 0 Å². The second-order valence-corrected chi connectivity index (χ2v) is 17.4. The van der Waals surface area contributed by atoms with E-state index < -0.39 is 0 Å². The maximum Gasteiger partial charge on any atom is 0.165 e. The fraction of sp³-hybridized carbons (Fsp3) is 0. The predicted octanol–water partition coefficient (Wildman–Crippen LogP) is 17.1. The Hall–Kier alpha value is -9.19. The molecule has 0 saturated heterocycles. The van der Waals surface area contributed by atoms with Crippen molar-refractivity contribution in [3.63, 3.8) is 0 Å². The van der Waals surface area contributed by atoms with Crippen molar-refractivity contribution in [3.8, 4) is 67.5 Å². The smallest absolute Gasteiger partial charge is 0.165 e. The van der Waals surface area contributed by atoms with E-state index in [2.05, 4.69) is 200 Å². The van der Waals surface area contributed by atoms with Crippen molar-refractivity contribution in [2.45, 2.75) is 0 Å². The minimum Gasteiger partial charge on any atom is -0.456 e. The molecule has 3 aromatic heterocycles. The van der Waals surface area contributed by atoms with E-state index in [9.17, 15) is 0 Å². The van der Waals surface area contributed by atoms with Crippen LogP contribution in [0.3, 0.4) is 0 Å². The molecule has 68 heavy (non-hydrogen) atoms. The van der Waals surface area contributed by atoms with Crippen molar-refractivity contribution in [2.24, 2.45) is 0 Å². The van der Waals surface area contributed by atoms with E-state index in [4.69, 9.17) is 23.8 Å². The van der Waals surface area contributed by atoms with Crippen molar-refractivity contribution in [3.05, 3.63) is 224 Å². The number of nitrogens with zero attached hydrogens (tertiary/aromatic N) is 3. The standard InChI is InChI=1S/C63H37N3O2/c1-2-14-38(15-3-1)42-22-12-24-49-47(42)23-13-25-54(49)61-64-62(55-35-34-43(46-18-6-7-19-48(46)55)40-29-32-52-50-20-8-10-26-56(50)67-58(52)36-40)66-63(65-61)60-44-17-5-4-16-39(44)28-31-45(60)41-30-33-53-51-21-9-11-27-57(51)68-59(53)37-41/h1-37H. The first kappa shape index (κ1) is 38.1. The predicted molar refractivity (Wildman–Crippen MR) is 280 cm³/mol. The molecular formula is C63H37N3O2. The van der Waals surface area contributed by atoms with Crippen molar-refractivity contribution in [1.29, 1.82) is 0 Å². The molecule has 0 N–H and O–H groups in total. The number of fused-ring (bicyclic) bond motifs is 9. The third kappa shape index (κ3) is 6.06. The lowest BCUT2D eigenvalue weighted by molar-refractivity contribution is 0.668. The van der Waals surface area contributed by atoms with E-state index in [-0.39, 0.29) is 0 Å². The van der Waals surface area contributed by atoms with Gasteiger partial charge in [-0.2, -0.15) is 0 Å². The van der Waals surface area contributed by atoms with Gasteiger partial charge in [-0.05, 0) is 108 Å². The number of furan rings is 2. The number of rotatable bonds is 6. The van der Waals surface area contributed by atoms with Crippen LogP contribution in [0.5, 0.6) is 0 Å². The molecule has 5 heteroatoms. The number of para-hydroxylation sites is 2. The zero-order valence-corrected chi connectivity index (χ0v) is 36.5. The Balaban J connectivity index is 1.02. The summed E-state index contributed by atoms with van der Waals surface area (Å²) in [5.41, 5.74) is 12.7. The van der Waals surface area contributed by atoms with Crippen LogP contribution in [0.2, 0.25) is 0 Å². The highest BCUT2D eigenvalue weighted by atomic mass is 16.3. The maximum atomic E-state index is 6.45. The minimum absolute atomic E-state index is 0.584. The largest absolute Gasteiger partial charge is 0.456 e. The molecule has 11 aromatic carbocycles. The highest BCUT2D eigenvalue weighted by Crippen LogP contribution is 2.43. The normalized spacial score (nSPS) is 11.8. The molecule has 3 heterocycles. The summed E-state index contributed by atoms with van der Waals surface area (Å²) in [6.07, 6.45) is 0. The van der Waals surface area contributed by atoms with Gasteiger partial charge in [0.15, 0.2) is 17.5 Å². The molecule has 14 aromatic rings. The summed E-state index contributed by atoms with van der Waals surface area (Å²) in [5.74, 6) is 1.76. The van der Waals surface area contributed by atoms with Crippen LogP contribution >= 0.6 is 0 Å². The van der Waals surface area contributed by atoms with Crippen LogP contribution in [0.15, 0.2) is 233 Å². The maximum absolute atomic E-state index is 6.45. The number of hydrogen-bond donors (Lipinski definition) is 0. The number of aromatic nitrogens is 3. The van der Waals surface area contributed by atoms with Crippen LogP contribution in [0, 0.1) is 0 Å². The zero-order valence-electron chi connectivity index (χ0n) is 36.5. The minimum atomic E-state index is 0.584. The topological polar surface area (TPSA) is 65.0 Å². The van der Waals surface area contributed by atoms with Crippen molar-refractivity contribution >= 4 is 76.2 Å². The first-order chi connectivity index (χ1) is 33.7. The molecule has 0 spiro atoms. The van der Waals surface area contributed by atoms with E-state index in [1.54, 1.807) is 0 Å². The Morgan fingerprint density at radius 2 is 0.662 bits per heavy atom. The summed E-state index contributed by atoms with van der Waals surface area (Å²) < 4.78 is 12.8. The second kappa shape index (κ2) is 15.2. The van der Waals surface area contributed by atoms with Gasteiger partial charge in [-0.25, -0.2) is 15.0 Å². The van der Waals surface area contributed by atoms with Crippen LogP contribution in [0.25, 0.3) is 144 Å². The first-order valence-corrected chi connectivity index (χ1v) is 22.9. The number of benzene rings is 11. The summed E-state index contributed by atoms with van der Waals surface area (Å²) in [5, 5.41) is 10.8. The fourth-order valence-electron chi connectivity index (χ4n) is 10.4. The summed E-state index contributed by atoms with van der Waals surface area (Å²) >= 11 is 0. The third-order valence-corrected chi connectivity index (χ3v) is 13.6. The molecule has 5 nitrogen and oxygen atoms in total. The zero-order chi connectivity index (χ0) is 44.7. The Morgan fingerprint density at radius 1 is 0.235 bits per heavy atom. The molecule has 316 valence electrons. The average Bonchev–Trinajstić information content (AvgIpc) is 3.97. The molecule has 0 aliphatic rings. The SMILES string of the molecule is c1ccc(-c2cccc3c(-c4nc(-c5c(-c6ccc7c(c6)oc6ccccc67)ccc6ccccc56)nc(-c5ccc(-c6ccc7c(c6)oc6ccccc67)c6ccccc56)n4)cccc23)cc1. The van der Waals surface area contributed by atoms with Gasteiger partial charge in [-0.1, -0.05) is 182 Å². The van der Waals surface area contributed by atoms with E-state index in [0.717, 1.165) is 126 Å². The highest BCUT2D eigenvalue weighted by molar-refractivity contribution is 6.11. The molecule has 0 radical (unpaired) electrons. The molecule has 14 rings (SSSR count). The lowest BCUT2D eigenvalue weighted by atomic mass is 9.92. The van der Waals surface area contributed by atoms with E-state index in [1.165, 1.54) is 0 Å². The van der Waals surface area contributed by atoms with Crippen LogP contribution in [0.4, 0.5) is 0 Å². The Labute approximate surface area is 390 Å². The van der Waals surface area contributed by atoms with Gasteiger partial charge >= 0.3 is 0 Å². The van der Waals surface area contributed by atoms with Gasteiger partial charge < -0.3 is 8.83 Å². The number of hydrogen-bond acceptors (Lipinski definition) is 5. The summed E-state index contributed by atoms with van der Waals surface area (Å²) in [7, 11) is 0. The van der Waals surface area contributed by atoms with Gasteiger partial charge in [-0.3, -0.25) is 0 Å². The van der Waals surface area contributed by atoms with Gasteiger partial charge in [-0.15, -0.1) is 0 Å². The molecule has 0 aliphatic heterocycles. The molecule has 0 saturated carbocycles. The molecule has 0 bridgehead atoms. The van der Waals surface area contributed by atoms with Gasteiger partial charge in [0, 0.05) is 38.2 Å². The molecule has 0 fully saturated rings. The molecule has 0 aliphatic carbocycles. The molecule has 0 amide bonds. The third-order valence-electron chi connectivity index (χ3n) is 13.6. The summed E-state index contributed by atoms with van der Waals surface area (Å²) in [6, 6.07) is 78.7. The van der Waals surface area contributed by atoms with Crippen LogP contribution in [-0.4, -0.2) is 15.0 Å². The van der Waals surface area contributed by atoms with Crippen LogP contribution in [0.1, 0.15) is 0 Å². The summed E-state index contributed by atoms with van der Waals surface area (Å²) in [6.45, 7) is 0. The molecule has 0 unspecified atom stereocenters. The molecular weight excluding hydrogens is 831 g/mol. The van der Waals surface area contributed by atoms with Gasteiger partial charge in [0.25, 0.3) is 0 Å². The summed E-state index contributed by atoms with van der Waals surface area (Å²) in [4.78, 5) is 16.5. The lowest BCUT2D eigenvalue weighted by Crippen LogP contribution is -2.02. The Bertz CT molecular complexity index is 4340.